The van der Waals surface area contributed by atoms with Crippen LogP contribution >= 0.6 is 0 Å². The lowest BCUT2D eigenvalue weighted by Gasteiger charge is -2.13. The second-order valence-electron chi connectivity index (χ2n) is 5.81. The molecule has 0 saturated carbocycles. The summed E-state index contributed by atoms with van der Waals surface area (Å²) < 4.78 is 15.5. The summed E-state index contributed by atoms with van der Waals surface area (Å²) >= 11 is 0. The molecular formula is C16H22FN3O2. The van der Waals surface area contributed by atoms with E-state index in [1.54, 1.807) is 6.07 Å². The Morgan fingerprint density at radius 2 is 2.18 bits per heavy atom. The van der Waals surface area contributed by atoms with E-state index in [1.165, 1.54) is 6.07 Å². The van der Waals surface area contributed by atoms with Gasteiger partial charge >= 0.3 is 0 Å². The lowest BCUT2D eigenvalue weighted by Crippen LogP contribution is -2.31. The molecule has 0 bridgehead atoms. The highest BCUT2D eigenvalue weighted by atomic mass is 19.1. The third kappa shape index (κ3) is 3.62. The van der Waals surface area contributed by atoms with E-state index in [1.807, 2.05) is 31.5 Å². The Morgan fingerprint density at radius 1 is 1.45 bits per heavy atom. The summed E-state index contributed by atoms with van der Waals surface area (Å²) in [5, 5.41) is 12.4. The molecular weight excluding hydrogens is 285 g/mol. The molecule has 0 saturated heterocycles. The topological polar surface area (TPSA) is 67.2 Å². The second kappa shape index (κ2) is 6.87. The Labute approximate surface area is 129 Å². The number of nitrogens with zero attached hydrogens (tertiary/aromatic N) is 2. The number of amides is 1. The van der Waals surface area contributed by atoms with Gasteiger partial charge in [-0.2, -0.15) is 0 Å². The SMILES string of the molecule is CC(C)C(O)CC(=O)NCCc1nc2c(F)cccc2n1C. The summed E-state index contributed by atoms with van der Waals surface area (Å²) in [6, 6.07) is 4.85. The lowest BCUT2D eigenvalue weighted by molar-refractivity contribution is -0.123. The van der Waals surface area contributed by atoms with Gasteiger partial charge in [-0.15, -0.1) is 0 Å². The first kappa shape index (κ1) is 16.4. The first-order valence-electron chi connectivity index (χ1n) is 7.44. The molecule has 120 valence electrons. The van der Waals surface area contributed by atoms with Gasteiger partial charge in [-0.25, -0.2) is 9.37 Å². The number of aliphatic hydroxyl groups excluding tert-OH is 1. The summed E-state index contributed by atoms with van der Waals surface area (Å²) in [5.74, 6) is 0.230. The number of hydrogen-bond acceptors (Lipinski definition) is 3. The number of para-hydroxylation sites is 1. The molecule has 2 N–H and O–H groups in total. The van der Waals surface area contributed by atoms with Gasteiger partial charge in [-0.3, -0.25) is 4.79 Å². The fourth-order valence-electron chi connectivity index (χ4n) is 2.26. The first-order valence-corrected chi connectivity index (χ1v) is 7.44. The number of aryl methyl sites for hydroxylation is 1. The van der Waals surface area contributed by atoms with Crippen LogP contribution in [0.1, 0.15) is 26.1 Å². The zero-order valence-electron chi connectivity index (χ0n) is 13.1. The van der Waals surface area contributed by atoms with Crippen LogP contribution in [0.15, 0.2) is 18.2 Å². The van der Waals surface area contributed by atoms with E-state index in [4.69, 9.17) is 0 Å². The van der Waals surface area contributed by atoms with E-state index in [-0.39, 0.29) is 24.1 Å². The van der Waals surface area contributed by atoms with Gasteiger partial charge in [0.05, 0.1) is 18.0 Å². The van der Waals surface area contributed by atoms with E-state index in [2.05, 4.69) is 10.3 Å². The average molecular weight is 307 g/mol. The number of halogens is 1. The van der Waals surface area contributed by atoms with Crippen LogP contribution in [0.2, 0.25) is 0 Å². The third-order valence-corrected chi connectivity index (χ3v) is 3.79. The number of hydrogen-bond donors (Lipinski definition) is 2. The standard InChI is InChI=1S/C16H22FN3O2/c1-10(2)13(21)9-15(22)18-8-7-14-19-16-11(17)5-4-6-12(16)20(14)3/h4-6,10,13,21H,7-9H2,1-3H3,(H,18,22). The predicted octanol–water partition coefficient (Wildman–Crippen LogP) is 1.78. The lowest BCUT2D eigenvalue weighted by atomic mass is 10.0. The molecule has 1 amide bonds. The van der Waals surface area contributed by atoms with Crippen molar-refractivity contribution in [1.29, 1.82) is 0 Å². The van der Waals surface area contributed by atoms with Crippen molar-refractivity contribution in [3.05, 3.63) is 29.8 Å². The smallest absolute Gasteiger partial charge is 0.222 e. The number of imidazole rings is 1. The summed E-state index contributed by atoms with van der Waals surface area (Å²) in [5.41, 5.74) is 1.08. The molecule has 0 radical (unpaired) electrons. The average Bonchev–Trinajstić information content (AvgIpc) is 2.77. The third-order valence-electron chi connectivity index (χ3n) is 3.79. The van der Waals surface area contributed by atoms with Crippen molar-refractivity contribution in [2.45, 2.75) is 32.8 Å². The molecule has 1 aromatic carbocycles. The van der Waals surface area contributed by atoms with Crippen LogP contribution < -0.4 is 5.32 Å². The van der Waals surface area contributed by atoms with E-state index in [0.29, 0.717) is 24.3 Å². The Balaban J connectivity index is 1.94. The maximum absolute atomic E-state index is 13.7. The van der Waals surface area contributed by atoms with Crippen LogP contribution in [0.4, 0.5) is 4.39 Å². The number of nitrogens with one attached hydrogen (secondary N) is 1. The van der Waals surface area contributed by atoms with Crippen LogP contribution in [0.25, 0.3) is 11.0 Å². The molecule has 0 aliphatic heterocycles. The molecule has 2 rings (SSSR count). The summed E-state index contributed by atoms with van der Waals surface area (Å²) in [6.45, 7) is 4.14. The highest BCUT2D eigenvalue weighted by molar-refractivity contribution is 5.77. The van der Waals surface area contributed by atoms with Crippen molar-refractivity contribution >= 4 is 16.9 Å². The fourth-order valence-corrected chi connectivity index (χ4v) is 2.26. The Hall–Kier alpha value is -1.95. The number of fused-ring (bicyclic) bond motifs is 1. The van der Waals surface area contributed by atoms with Gasteiger partial charge in [0.1, 0.15) is 11.3 Å². The quantitative estimate of drug-likeness (QED) is 0.855. The molecule has 2 aromatic rings. The molecule has 1 atom stereocenters. The molecule has 22 heavy (non-hydrogen) atoms. The Morgan fingerprint density at radius 3 is 2.82 bits per heavy atom. The van der Waals surface area contributed by atoms with E-state index in [0.717, 1.165) is 5.52 Å². The van der Waals surface area contributed by atoms with Gasteiger partial charge in [0.2, 0.25) is 5.91 Å². The van der Waals surface area contributed by atoms with Crippen molar-refractivity contribution < 1.29 is 14.3 Å². The molecule has 0 spiro atoms. The van der Waals surface area contributed by atoms with Crippen molar-refractivity contribution in [1.82, 2.24) is 14.9 Å². The molecule has 0 fully saturated rings. The van der Waals surface area contributed by atoms with Crippen molar-refractivity contribution in [3.8, 4) is 0 Å². The molecule has 6 heteroatoms. The van der Waals surface area contributed by atoms with Gasteiger partial charge in [0.25, 0.3) is 0 Å². The Kier molecular flexibility index (Phi) is 5.13. The van der Waals surface area contributed by atoms with E-state index < -0.39 is 6.10 Å². The van der Waals surface area contributed by atoms with Crippen molar-refractivity contribution in [3.63, 3.8) is 0 Å². The zero-order valence-corrected chi connectivity index (χ0v) is 13.1. The molecule has 5 nitrogen and oxygen atoms in total. The first-order chi connectivity index (χ1) is 10.4. The number of benzene rings is 1. The minimum atomic E-state index is -0.634. The van der Waals surface area contributed by atoms with Gasteiger partial charge in [0, 0.05) is 20.0 Å². The van der Waals surface area contributed by atoms with Gasteiger partial charge < -0.3 is 15.0 Å². The second-order valence-corrected chi connectivity index (χ2v) is 5.81. The number of aromatic nitrogens is 2. The summed E-state index contributed by atoms with van der Waals surface area (Å²) in [6.07, 6.45) is -0.0342. The highest BCUT2D eigenvalue weighted by Gasteiger charge is 2.15. The van der Waals surface area contributed by atoms with Crippen LogP contribution in [0.3, 0.4) is 0 Å². The van der Waals surface area contributed by atoms with Crippen LogP contribution in [-0.4, -0.2) is 33.2 Å². The monoisotopic (exact) mass is 307 g/mol. The zero-order chi connectivity index (χ0) is 16.3. The highest BCUT2D eigenvalue weighted by Crippen LogP contribution is 2.18. The minimum Gasteiger partial charge on any atom is -0.392 e. The van der Waals surface area contributed by atoms with Crippen molar-refractivity contribution in [2.75, 3.05) is 6.54 Å². The number of rotatable bonds is 6. The molecule has 1 aromatic heterocycles. The van der Waals surface area contributed by atoms with E-state index in [9.17, 15) is 14.3 Å². The fraction of sp³-hybridized carbons (Fsp3) is 0.500. The predicted molar refractivity (Wildman–Crippen MR) is 82.8 cm³/mol. The van der Waals surface area contributed by atoms with Crippen molar-refractivity contribution in [2.24, 2.45) is 13.0 Å². The molecule has 1 heterocycles. The summed E-state index contributed by atoms with van der Waals surface area (Å²) in [4.78, 5) is 16.0. The number of aliphatic hydroxyl groups is 1. The van der Waals surface area contributed by atoms with E-state index >= 15 is 0 Å². The summed E-state index contributed by atoms with van der Waals surface area (Å²) in [7, 11) is 1.83. The van der Waals surface area contributed by atoms with Crippen LogP contribution in [0, 0.1) is 11.7 Å². The molecule has 0 aliphatic rings. The molecule has 0 aliphatic carbocycles. The Bertz CT molecular complexity index is 667. The van der Waals surface area contributed by atoms with Gasteiger partial charge in [-0.1, -0.05) is 19.9 Å². The molecule has 1 unspecified atom stereocenters. The maximum atomic E-state index is 13.7. The normalized spacial score (nSPS) is 12.8. The number of carbonyl (C=O) groups is 1. The van der Waals surface area contributed by atoms with Gasteiger partial charge in [-0.05, 0) is 18.1 Å². The largest absolute Gasteiger partial charge is 0.392 e. The van der Waals surface area contributed by atoms with Crippen LogP contribution in [-0.2, 0) is 18.3 Å². The van der Waals surface area contributed by atoms with Gasteiger partial charge in [0.15, 0.2) is 5.82 Å². The maximum Gasteiger partial charge on any atom is 0.222 e. The number of carbonyl (C=O) groups excluding carboxylic acids is 1. The van der Waals surface area contributed by atoms with Crippen LogP contribution in [0.5, 0.6) is 0 Å². The minimum absolute atomic E-state index is 0.0496.